The van der Waals surface area contributed by atoms with Crippen LogP contribution in [0.5, 0.6) is 0 Å². The summed E-state index contributed by atoms with van der Waals surface area (Å²) < 4.78 is 16.2. The molecule has 1 heterocycles. The van der Waals surface area contributed by atoms with Crippen LogP contribution in [0.4, 0.5) is 4.53 Å². The van der Waals surface area contributed by atoms with Gasteiger partial charge in [0.2, 0.25) is 0 Å². The normalized spacial score (nSPS) is 33.5. The van der Waals surface area contributed by atoms with Crippen LogP contribution < -0.4 is 0 Å². The fraction of sp³-hybridized carbons (Fsp3) is 1.00. The van der Waals surface area contributed by atoms with Gasteiger partial charge in [-0.3, -0.25) is 0 Å². The maximum atomic E-state index is 11.3. The monoisotopic (exact) mass is 198 g/mol. The van der Waals surface area contributed by atoms with Crippen LogP contribution in [-0.2, 0) is 9.68 Å². The summed E-state index contributed by atoms with van der Waals surface area (Å²) in [6.07, 6.45) is -1.92. The lowest BCUT2D eigenvalue weighted by Gasteiger charge is -2.29. The van der Waals surface area contributed by atoms with Crippen LogP contribution in [0.15, 0.2) is 0 Å². The van der Waals surface area contributed by atoms with Crippen molar-refractivity contribution in [3.8, 4) is 0 Å². The Hall–Kier alpha value is -0.270. The van der Waals surface area contributed by atoms with E-state index >= 15 is 0 Å². The second-order valence-electron chi connectivity index (χ2n) is 2.60. The molecule has 0 aromatic carbocycles. The second kappa shape index (κ2) is 7.16. The molecule has 0 aliphatic carbocycles. The van der Waals surface area contributed by atoms with Gasteiger partial charge in [0.1, 0.15) is 12.7 Å². The van der Waals surface area contributed by atoms with Crippen molar-refractivity contribution < 1.29 is 29.5 Å². The van der Waals surface area contributed by atoms with E-state index in [9.17, 15) is 4.53 Å². The highest BCUT2D eigenvalue weighted by Gasteiger charge is 2.28. The lowest BCUT2D eigenvalue weighted by atomic mass is 10.0. The number of rotatable bonds is 2. The van der Waals surface area contributed by atoms with Gasteiger partial charge in [-0.15, -0.1) is 0 Å². The van der Waals surface area contributed by atoms with Crippen LogP contribution in [0, 0.1) is 0 Å². The molecule has 13 heavy (non-hydrogen) atoms. The molecule has 3 atom stereocenters. The van der Waals surface area contributed by atoms with Crippen molar-refractivity contribution in [2.24, 2.45) is 0 Å². The van der Waals surface area contributed by atoms with E-state index in [2.05, 4.69) is 4.94 Å². The van der Waals surface area contributed by atoms with E-state index in [1.54, 1.807) is 0 Å². The third kappa shape index (κ3) is 4.49. The standard InChI is InChI=1S/C6H11FO4.CH4O/c7-11-2-4-1-5(8)6(9)3-10-4;1-2/h4-6,8-9H,1-3H2;2H,1H3. The zero-order chi connectivity index (χ0) is 10.3. The molecule has 0 radical (unpaired) electrons. The molecule has 1 aliphatic rings. The largest absolute Gasteiger partial charge is 0.400 e. The van der Waals surface area contributed by atoms with Gasteiger partial charge in [0.05, 0.1) is 18.8 Å². The van der Waals surface area contributed by atoms with Crippen molar-refractivity contribution in [1.82, 2.24) is 0 Å². The van der Waals surface area contributed by atoms with Gasteiger partial charge in [-0.25, -0.2) is 0 Å². The zero-order valence-electron chi connectivity index (χ0n) is 7.39. The van der Waals surface area contributed by atoms with E-state index in [0.29, 0.717) is 0 Å². The average molecular weight is 198 g/mol. The van der Waals surface area contributed by atoms with Gasteiger partial charge in [0.25, 0.3) is 0 Å². The van der Waals surface area contributed by atoms with Crippen molar-refractivity contribution in [2.75, 3.05) is 20.3 Å². The fourth-order valence-corrected chi connectivity index (χ4v) is 1.03. The van der Waals surface area contributed by atoms with Gasteiger partial charge in [0, 0.05) is 13.5 Å². The van der Waals surface area contributed by atoms with Crippen LogP contribution in [0.3, 0.4) is 0 Å². The predicted octanol–water partition coefficient (Wildman–Crippen LogP) is -0.993. The lowest BCUT2D eigenvalue weighted by molar-refractivity contribution is -0.196. The topological polar surface area (TPSA) is 79.2 Å². The first-order valence-electron chi connectivity index (χ1n) is 3.90. The highest BCUT2D eigenvalue weighted by molar-refractivity contribution is 4.76. The van der Waals surface area contributed by atoms with Gasteiger partial charge < -0.3 is 20.1 Å². The maximum absolute atomic E-state index is 11.3. The number of aliphatic hydroxyl groups excluding tert-OH is 3. The van der Waals surface area contributed by atoms with Gasteiger partial charge in [-0.2, -0.15) is 4.94 Å². The number of ether oxygens (including phenoxy) is 1. The van der Waals surface area contributed by atoms with Gasteiger partial charge in [-0.05, 0) is 4.53 Å². The van der Waals surface area contributed by atoms with Crippen molar-refractivity contribution in [3.63, 3.8) is 0 Å². The summed E-state index contributed by atoms with van der Waals surface area (Å²) in [6, 6.07) is 0. The number of hydrogen-bond donors (Lipinski definition) is 3. The van der Waals surface area contributed by atoms with Crippen LogP contribution in [0.1, 0.15) is 6.42 Å². The summed E-state index contributed by atoms with van der Waals surface area (Å²) >= 11 is 0. The molecule has 1 aliphatic heterocycles. The molecular formula is C7H15FO5. The van der Waals surface area contributed by atoms with Crippen LogP contribution in [0.2, 0.25) is 0 Å². The summed E-state index contributed by atoms with van der Waals surface area (Å²) in [4.78, 5) is 3.35. The minimum absolute atomic E-state index is 0.0369. The Kier molecular flexibility index (Phi) is 7.02. The Balaban J connectivity index is 0.000000671. The molecule has 0 aromatic heterocycles. The highest BCUT2D eigenvalue weighted by atomic mass is 19.3. The van der Waals surface area contributed by atoms with E-state index < -0.39 is 18.3 Å². The van der Waals surface area contributed by atoms with Gasteiger partial charge in [0.15, 0.2) is 0 Å². The van der Waals surface area contributed by atoms with E-state index in [1.165, 1.54) is 0 Å². The van der Waals surface area contributed by atoms with Gasteiger partial charge in [-0.1, -0.05) is 0 Å². The van der Waals surface area contributed by atoms with E-state index in [0.717, 1.165) is 7.11 Å². The van der Waals surface area contributed by atoms with Crippen molar-refractivity contribution in [2.45, 2.75) is 24.7 Å². The summed E-state index contributed by atoms with van der Waals surface area (Å²) in [7, 11) is 1.00. The molecule has 5 nitrogen and oxygen atoms in total. The SMILES string of the molecule is CO.OC1COC(COF)CC1O. The molecule has 0 bridgehead atoms. The average Bonchev–Trinajstić information content (AvgIpc) is 2.15. The summed E-state index contributed by atoms with van der Waals surface area (Å²) in [6.45, 7) is -0.154. The van der Waals surface area contributed by atoms with E-state index in [4.69, 9.17) is 20.1 Å². The zero-order valence-corrected chi connectivity index (χ0v) is 7.39. The number of aliphatic hydroxyl groups is 3. The molecule has 1 saturated heterocycles. The Morgan fingerprint density at radius 1 is 1.38 bits per heavy atom. The minimum atomic E-state index is -0.856. The number of halogens is 1. The second-order valence-corrected chi connectivity index (χ2v) is 2.60. The van der Waals surface area contributed by atoms with Crippen molar-refractivity contribution in [3.05, 3.63) is 0 Å². The summed E-state index contributed by atoms with van der Waals surface area (Å²) in [5.41, 5.74) is 0. The number of hydrogen-bond acceptors (Lipinski definition) is 5. The lowest BCUT2D eigenvalue weighted by Crippen LogP contribution is -2.42. The van der Waals surface area contributed by atoms with E-state index in [-0.39, 0.29) is 19.6 Å². The third-order valence-electron chi connectivity index (χ3n) is 1.70. The first kappa shape index (κ1) is 12.7. The third-order valence-corrected chi connectivity index (χ3v) is 1.70. The molecule has 0 aromatic rings. The van der Waals surface area contributed by atoms with E-state index in [1.807, 2.05) is 0 Å². The smallest absolute Gasteiger partial charge is 0.114 e. The highest BCUT2D eigenvalue weighted by Crippen LogP contribution is 2.14. The minimum Gasteiger partial charge on any atom is -0.400 e. The molecule has 6 heteroatoms. The van der Waals surface area contributed by atoms with Crippen LogP contribution in [-0.4, -0.2) is 54.0 Å². The first-order valence-corrected chi connectivity index (χ1v) is 3.90. The quantitative estimate of drug-likeness (QED) is 0.530. The predicted molar refractivity (Wildman–Crippen MR) is 41.6 cm³/mol. The van der Waals surface area contributed by atoms with Crippen LogP contribution >= 0.6 is 0 Å². The molecule has 3 unspecified atom stereocenters. The van der Waals surface area contributed by atoms with Gasteiger partial charge >= 0.3 is 0 Å². The molecule has 1 rings (SSSR count). The van der Waals surface area contributed by atoms with Crippen molar-refractivity contribution in [1.29, 1.82) is 0 Å². The van der Waals surface area contributed by atoms with Crippen molar-refractivity contribution >= 4 is 0 Å². The molecule has 3 N–H and O–H groups in total. The summed E-state index contributed by atoms with van der Waals surface area (Å²) in [5.74, 6) is 0. The first-order chi connectivity index (χ1) is 6.24. The Morgan fingerprint density at radius 2 is 2.00 bits per heavy atom. The van der Waals surface area contributed by atoms with Crippen LogP contribution in [0.25, 0.3) is 0 Å². The molecule has 1 fully saturated rings. The molecule has 0 spiro atoms. The molecule has 0 saturated carbocycles. The Morgan fingerprint density at radius 3 is 2.46 bits per heavy atom. The Bertz CT molecular complexity index is 123. The Labute approximate surface area is 75.6 Å². The molecule has 80 valence electrons. The fourth-order valence-electron chi connectivity index (χ4n) is 1.03. The summed E-state index contributed by atoms with van der Waals surface area (Å²) in [5, 5.41) is 25.0. The molecular weight excluding hydrogens is 183 g/mol. The molecule has 0 amide bonds. The maximum Gasteiger partial charge on any atom is 0.114 e.